The summed E-state index contributed by atoms with van der Waals surface area (Å²) in [5.41, 5.74) is 6.98. The standard InChI is InChI=1S/C21H27N5O.CH2O2/c1-14-7-15(2)19(20(8-14)26-6-4-5-22-26)12-25-11-17(21(27)13-25)10-18-9-16(3)23-24-18;2-1-3/h4-9,17,21,27H,10-13H2,1-3H3,(H,23,24);1H,(H,2,3)/t17-,21-;/m1./s1. The van der Waals surface area contributed by atoms with Crippen LogP contribution < -0.4 is 0 Å². The van der Waals surface area contributed by atoms with Gasteiger partial charge in [-0.1, -0.05) is 6.07 Å². The van der Waals surface area contributed by atoms with Crippen molar-refractivity contribution in [3.8, 4) is 5.69 Å². The molecule has 3 heterocycles. The van der Waals surface area contributed by atoms with E-state index in [0.29, 0.717) is 6.54 Å². The molecule has 0 spiro atoms. The third kappa shape index (κ3) is 5.14. The van der Waals surface area contributed by atoms with Crippen molar-refractivity contribution in [3.63, 3.8) is 0 Å². The monoisotopic (exact) mass is 411 g/mol. The summed E-state index contributed by atoms with van der Waals surface area (Å²) in [5, 5.41) is 29.2. The van der Waals surface area contributed by atoms with E-state index in [1.807, 2.05) is 30.1 Å². The smallest absolute Gasteiger partial charge is 0.290 e. The summed E-state index contributed by atoms with van der Waals surface area (Å²) in [4.78, 5) is 10.7. The predicted molar refractivity (Wildman–Crippen MR) is 114 cm³/mol. The fourth-order valence-electron chi connectivity index (χ4n) is 4.14. The van der Waals surface area contributed by atoms with Gasteiger partial charge in [-0.25, -0.2) is 4.68 Å². The van der Waals surface area contributed by atoms with E-state index in [0.717, 1.165) is 36.6 Å². The van der Waals surface area contributed by atoms with Crippen LogP contribution in [0.5, 0.6) is 0 Å². The Kier molecular flexibility index (Phi) is 7.02. The van der Waals surface area contributed by atoms with Gasteiger partial charge in [0.1, 0.15) is 0 Å². The minimum absolute atomic E-state index is 0.214. The van der Waals surface area contributed by atoms with E-state index in [2.05, 4.69) is 52.2 Å². The summed E-state index contributed by atoms with van der Waals surface area (Å²) in [6, 6.07) is 8.42. The molecule has 3 N–H and O–H groups in total. The van der Waals surface area contributed by atoms with Crippen LogP contribution in [0.15, 0.2) is 36.7 Å². The minimum atomic E-state index is -0.319. The molecule has 0 amide bonds. The molecule has 8 nitrogen and oxygen atoms in total. The van der Waals surface area contributed by atoms with Gasteiger partial charge in [0.15, 0.2) is 0 Å². The highest BCUT2D eigenvalue weighted by Crippen LogP contribution is 2.27. The number of nitrogens with one attached hydrogen (secondary N) is 1. The molecule has 8 heteroatoms. The van der Waals surface area contributed by atoms with Crippen LogP contribution in [-0.4, -0.2) is 60.8 Å². The van der Waals surface area contributed by atoms with Crippen LogP contribution in [0.3, 0.4) is 0 Å². The van der Waals surface area contributed by atoms with Crippen molar-refractivity contribution >= 4 is 6.47 Å². The number of benzene rings is 1. The maximum atomic E-state index is 10.6. The lowest BCUT2D eigenvalue weighted by Gasteiger charge is -2.20. The zero-order valence-electron chi connectivity index (χ0n) is 17.6. The van der Waals surface area contributed by atoms with Gasteiger partial charge < -0.3 is 10.2 Å². The van der Waals surface area contributed by atoms with Crippen molar-refractivity contribution in [2.24, 2.45) is 5.92 Å². The minimum Gasteiger partial charge on any atom is -0.483 e. The normalized spacial score (nSPS) is 18.8. The van der Waals surface area contributed by atoms with E-state index >= 15 is 0 Å². The van der Waals surface area contributed by atoms with Gasteiger partial charge in [0.2, 0.25) is 0 Å². The molecule has 0 radical (unpaired) electrons. The van der Waals surface area contributed by atoms with Crippen LogP contribution in [0.25, 0.3) is 5.69 Å². The van der Waals surface area contributed by atoms with Crippen molar-refractivity contribution in [2.75, 3.05) is 13.1 Å². The van der Waals surface area contributed by atoms with E-state index in [1.54, 1.807) is 0 Å². The topological polar surface area (TPSA) is 107 Å². The first-order valence-corrected chi connectivity index (χ1v) is 10.0. The van der Waals surface area contributed by atoms with Gasteiger partial charge in [-0.15, -0.1) is 0 Å². The number of aryl methyl sites for hydroxylation is 3. The molecule has 1 aliphatic rings. The predicted octanol–water partition coefficient (Wildman–Crippen LogP) is 2.26. The van der Waals surface area contributed by atoms with Gasteiger partial charge in [-0.3, -0.25) is 14.8 Å². The number of aliphatic hydroxyl groups excluding tert-OH is 1. The molecule has 160 valence electrons. The maximum Gasteiger partial charge on any atom is 0.290 e. The molecule has 30 heavy (non-hydrogen) atoms. The molecule has 0 saturated carbocycles. The largest absolute Gasteiger partial charge is 0.483 e. The molecular weight excluding hydrogens is 382 g/mol. The van der Waals surface area contributed by atoms with E-state index in [9.17, 15) is 5.11 Å². The Morgan fingerprint density at radius 1 is 1.23 bits per heavy atom. The third-order valence-corrected chi connectivity index (χ3v) is 5.44. The molecule has 0 bridgehead atoms. The van der Waals surface area contributed by atoms with Crippen molar-refractivity contribution in [2.45, 2.75) is 39.8 Å². The quantitative estimate of drug-likeness (QED) is 0.556. The number of hydrogen-bond donors (Lipinski definition) is 3. The lowest BCUT2D eigenvalue weighted by atomic mass is 10.00. The van der Waals surface area contributed by atoms with Gasteiger partial charge in [0.25, 0.3) is 6.47 Å². The highest BCUT2D eigenvalue weighted by Gasteiger charge is 2.32. The summed E-state index contributed by atoms with van der Waals surface area (Å²) in [6.07, 6.45) is 4.28. The number of aliphatic hydroxyl groups is 1. The summed E-state index contributed by atoms with van der Waals surface area (Å²) in [7, 11) is 0. The molecule has 1 saturated heterocycles. The second-order valence-electron chi connectivity index (χ2n) is 7.90. The van der Waals surface area contributed by atoms with Gasteiger partial charge in [-0.2, -0.15) is 10.2 Å². The number of likely N-dealkylation sites (tertiary alicyclic amines) is 1. The molecule has 1 fully saturated rings. The third-order valence-electron chi connectivity index (χ3n) is 5.44. The van der Waals surface area contributed by atoms with Crippen molar-refractivity contribution in [1.29, 1.82) is 0 Å². The second kappa shape index (κ2) is 9.69. The van der Waals surface area contributed by atoms with Crippen LogP contribution in [0, 0.1) is 26.7 Å². The molecule has 1 aromatic carbocycles. The number of rotatable bonds is 5. The molecule has 4 rings (SSSR count). The van der Waals surface area contributed by atoms with Crippen molar-refractivity contribution < 1.29 is 15.0 Å². The zero-order chi connectivity index (χ0) is 21.7. The van der Waals surface area contributed by atoms with Gasteiger partial charge in [0, 0.05) is 43.6 Å². The highest BCUT2D eigenvalue weighted by atomic mass is 16.3. The molecule has 0 aliphatic carbocycles. The highest BCUT2D eigenvalue weighted by molar-refractivity contribution is 5.48. The van der Waals surface area contributed by atoms with Crippen LogP contribution in [0.2, 0.25) is 0 Å². The number of carboxylic acid groups (broad SMARTS) is 1. The Morgan fingerprint density at radius 2 is 2.00 bits per heavy atom. The molecule has 2 atom stereocenters. The molecule has 1 aliphatic heterocycles. The lowest BCUT2D eigenvalue weighted by molar-refractivity contribution is -0.122. The average molecular weight is 412 g/mol. The fraction of sp³-hybridized carbons (Fsp3) is 0.409. The number of β-amino-alcohol motifs (C(OH)–C–C–N with tert-alkyl or cyclic N) is 1. The van der Waals surface area contributed by atoms with E-state index in [4.69, 9.17) is 9.90 Å². The average Bonchev–Trinajstić information content (AvgIpc) is 3.41. The lowest BCUT2D eigenvalue weighted by Crippen LogP contribution is -2.23. The number of aromatic amines is 1. The summed E-state index contributed by atoms with van der Waals surface area (Å²) in [5.74, 6) is 0.214. The van der Waals surface area contributed by atoms with Crippen molar-refractivity contribution in [3.05, 3.63) is 64.7 Å². The first kappa shape index (κ1) is 21.7. The maximum absolute atomic E-state index is 10.6. The Morgan fingerprint density at radius 3 is 2.63 bits per heavy atom. The van der Waals surface area contributed by atoms with Crippen LogP contribution in [0.1, 0.15) is 28.1 Å². The summed E-state index contributed by atoms with van der Waals surface area (Å²) < 4.78 is 1.94. The summed E-state index contributed by atoms with van der Waals surface area (Å²) >= 11 is 0. The zero-order valence-corrected chi connectivity index (χ0v) is 17.6. The first-order valence-electron chi connectivity index (χ1n) is 10.0. The van der Waals surface area contributed by atoms with Crippen molar-refractivity contribution in [1.82, 2.24) is 24.9 Å². The van der Waals surface area contributed by atoms with Gasteiger partial charge >= 0.3 is 0 Å². The number of nitrogens with zero attached hydrogens (tertiary/aromatic N) is 4. The van der Waals surface area contributed by atoms with E-state index in [-0.39, 0.29) is 18.5 Å². The summed E-state index contributed by atoms with van der Waals surface area (Å²) in [6.45, 7) is 8.41. The second-order valence-corrected chi connectivity index (χ2v) is 7.90. The Bertz CT molecular complexity index is 967. The number of aromatic nitrogens is 4. The first-order chi connectivity index (χ1) is 14.4. The van der Waals surface area contributed by atoms with Crippen LogP contribution >= 0.6 is 0 Å². The molecule has 0 unspecified atom stereocenters. The van der Waals surface area contributed by atoms with Crippen LogP contribution in [-0.2, 0) is 17.8 Å². The Balaban J connectivity index is 0.000000806. The number of hydrogen-bond acceptors (Lipinski definition) is 5. The molecule has 2 aromatic heterocycles. The SMILES string of the molecule is Cc1cc(C)c(CN2C[C@@H](Cc3cc(C)[nH]n3)[C@H](O)C2)c(-n2cccn2)c1.O=CO. The Hall–Kier alpha value is -2.97. The molecule has 3 aromatic rings. The fourth-order valence-corrected chi connectivity index (χ4v) is 4.14. The molecular formula is C22H29N5O3. The van der Waals surface area contributed by atoms with E-state index in [1.165, 1.54) is 16.7 Å². The number of carbonyl (C=O) groups is 1. The van der Waals surface area contributed by atoms with Crippen LogP contribution in [0.4, 0.5) is 0 Å². The number of H-pyrrole nitrogens is 1. The Labute approximate surface area is 176 Å². The van der Waals surface area contributed by atoms with E-state index < -0.39 is 0 Å². The van der Waals surface area contributed by atoms with Gasteiger partial charge in [0.05, 0.1) is 17.5 Å². The van der Waals surface area contributed by atoms with Gasteiger partial charge in [-0.05, 0) is 62.1 Å².